The maximum absolute atomic E-state index is 5.96. The van der Waals surface area contributed by atoms with Gasteiger partial charge in [-0.25, -0.2) is 4.98 Å². The fourth-order valence-electron chi connectivity index (χ4n) is 1.99. The average molecular weight is 360 g/mol. The van der Waals surface area contributed by atoms with Crippen molar-refractivity contribution in [1.82, 2.24) is 20.4 Å². The second kappa shape index (κ2) is 7.37. The van der Waals surface area contributed by atoms with Crippen molar-refractivity contribution < 1.29 is 4.52 Å². The molecule has 0 radical (unpaired) electrons. The van der Waals surface area contributed by atoms with E-state index in [4.69, 9.17) is 28.3 Å². The number of hydrogen-bond donors (Lipinski definition) is 2. The maximum Gasteiger partial charge on any atom is 0.246 e. The molecule has 2 N–H and O–H groups in total. The van der Waals surface area contributed by atoms with Crippen LogP contribution in [0.15, 0.2) is 47.1 Å². The predicted molar refractivity (Wildman–Crippen MR) is 96.8 cm³/mol. The van der Waals surface area contributed by atoms with E-state index in [-0.39, 0.29) is 0 Å². The minimum Gasteiger partial charge on any atom is -0.353 e. The molecule has 0 spiro atoms. The SMILES string of the molecule is Cc1ccnc(NC(=S)NCc2nc(-c3cccc(Cl)c3)no2)c1. The monoisotopic (exact) mass is 359 g/mol. The molecule has 0 unspecified atom stereocenters. The van der Waals surface area contributed by atoms with E-state index in [1.54, 1.807) is 18.3 Å². The summed E-state index contributed by atoms with van der Waals surface area (Å²) in [6.45, 7) is 2.30. The van der Waals surface area contributed by atoms with Gasteiger partial charge in [0, 0.05) is 16.8 Å². The first-order valence-electron chi connectivity index (χ1n) is 7.16. The zero-order valence-electron chi connectivity index (χ0n) is 12.8. The lowest BCUT2D eigenvalue weighted by atomic mass is 10.2. The Kier molecular flexibility index (Phi) is 5.02. The molecule has 0 fully saturated rings. The van der Waals surface area contributed by atoms with Gasteiger partial charge in [0.2, 0.25) is 11.7 Å². The largest absolute Gasteiger partial charge is 0.353 e. The molecule has 8 heteroatoms. The van der Waals surface area contributed by atoms with Crippen molar-refractivity contribution >= 4 is 34.7 Å². The van der Waals surface area contributed by atoms with Gasteiger partial charge in [0.05, 0.1) is 6.54 Å². The maximum atomic E-state index is 5.96. The van der Waals surface area contributed by atoms with Gasteiger partial charge in [0.15, 0.2) is 5.11 Å². The molecule has 2 aromatic heterocycles. The third-order valence-corrected chi connectivity index (χ3v) is 3.59. The smallest absolute Gasteiger partial charge is 0.246 e. The normalized spacial score (nSPS) is 10.4. The number of thiocarbonyl (C=S) groups is 1. The van der Waals surface area contributed by atoms with Crippen molar-refractivity contribution in [1.29, 1.82) is 0 Å². The molecule has 3 aromatic rings. The van der Waals surface area contributed by atoms with Crippen molar-refractivity contribution in [2.75, 3.05) is 5.32 Å². The highest BCUT2D eigenvalue weighted by atomic mass is 35.5. The molecule has 0 amide bonds. The van der Waals surface area contributed by atoms with Crippen LogP contribution in [-0.4, -0.2) is 20.2 Å². The fraction of sp³-hybridized carbons (Fsp3) is 0.125. The number of hydrogen-bond acceptors (Lipinski definition) is 5. The zero-order valence-corrected chi connectivity index (χ0v) is 14.4. The molecule has 0 aliphatic heterocycles. The molecule has 6 nitrogen and oxygen atoms in total. The van der Waals surface area contributed by atoms with Crippen molar-refractivity contribution in [3.8, 4) is 11.4 Å². The lowest BCUT2D eigenvalue weighted by Crippen LogP contribution is -2.28. The van der Waals surface area contributed by atoms with Gasteiger partial charge in [-0.3, -0.25) is 0 Å². The van der Waals surface area contributed by atoms with Crippen LogP contribution in [0.5, 0.6) is 0 Å². The fourth-order valence-corrected chi connectivity index (χ4v) is 2.36. The Morgan fingerprint density at radius 3 is 2.96 bits per heavy atom. The highest BCUT2D eigenvalue weighted by Crippen LogP contribution is 2.19. The second-order valence-electron chi connectivity index (χ2n) is 5.05. The number of halogens is 1. The van der Waals surface area contributed by atoms with Crippen molar-refractivity contribution in [3.63, 3.8) is 0 Å². The molecule has 24 heavy (non-hydrogen) atoms. The highest BCUT2D eigenvalue weighted by Gasteiger charge is 2.09. The van der Waals surface area contributed by atoms with E-state index in [0.717, 1.165) is 11.1 Å². The van der Waals surface area contributed by atoms with Gasteiger partial charge in [-0.1, -0.05) is 28.9 Å². The van der Waals surface area contributed by atoms with Crippen LogP contribution < -0.4 is 10.6 Å². The Morgan fingerprint density at radius 1 is 1.29 bits per heavy atom. The Morgan fingerprint density at radius 2 is 2.17 bits per heavy atom. The first kappa shape index (κ1) is 16.4. The van der Waals surface area contributed by atoms with Crippen molar-refractivity contribution in [2.24, 2.45) is 0 Å². The third-order valence-electron chi connectivity index (χ3n) is 3.11. The van der Waals surface area contributed by atoms with Gasteiger partial charge in [-0.2, -0.15) is 4.98 Å². The van der Waals surface area contributed by atoms with Gasteiger partial charge >= 0.3 is 0 Å². The summed E-state index contributed by atoms with van der Waals surface area (Å²) in [5.41, 5.74) is 1.89. The summed E-state index contributed by atoms with van der Waals surface area (Å²) < 4.78 is 5.21. The number of nitrogens with zero attached hydrogens (tertiary/aromatic N) is 3. The Bertz CT molecular complexity index is 867. The lowest BCUT2D eigenvalue weighted by Gasteiger charge is -2.08. The number of anilines is 1. The number of pyridine rings is 1. The van der Waals surface area contributed by atoms with Gasteiger partial charge in [0.25, 0.3) is 0 Å². The van der Waals surface area contributed by atoms with Crippen LogP contribution in [0.4, 0.5) is 5.82 Å². The zero-order chi connectivity index (χ0) is 16.9. The van der Waals surface area contributed by atoms with Crippen LogP contribution in [0.3, 0.4) is 0 Å². The third kappa shape index (κ3) is 4.27. The van der Waals surface area contributed by atoms with Crippen LogP contribution in [0.1, 0.15) is 11.5 Å². The number of nitrogens with one attached hydrogen (secondary N) is 2. The van der Waals surface area contributed by atoms with Crippen molar-refractivity contribution in [2.45, 2.75) is 13.5 Å². The minimum atomic E-state index is 0.311. The number of benzene rings is 1. The Hall–Kier alpha value is -2.51. The predicted octanol–water partition coefficient (Wildman–Crippen LogP) is 3.58. The van der Waals surface area contributed by atoms with Crippen LogP contribution >= 0.6 is 23.8 Å². The van der Waals surface area contributed by atoms with E-state index in [1.807, 2.05) is 31.2 Å². The van der Waals surface area contributed by atoms with Crippen LogP contribution in [0, 0.1) is 6.92 Å². The molecular weight excluding hydrogens is 346 g/mol. The number of rotatable bonds is 4. The van der Waals surface area contributed by atoms with E-state index in [1.165, 1.54) is 0 Å². The molecule has 0 bridgehead atoms. The van der Waals surface area contributed by atoms with Gasteiger partial charge in [-0.05, 0) is 49.0 Å². The van der Waals surface area contributed by atoms with E-state index >= 15 is 0 Å². The minimum absolute atomic E-state index is 0.311. The molecular formula is C16H14ClN5OS. The Labute approximate surface area is 149 Å². The Balaban J connectivity index is 1.58. The summed E-state index contributed by atoms with van der Waals surface area (Å²) in [5.74, 6) is 1.58. The summed E-state index contributed by atoms with van der Waals surface area (Å²) in [6, 6.07) is 11.1. The second-order valence-corrected chi connectivity index (χ2v) is 5.89. The van der Waals surface area contributed by atoms with E-state index in [2.05, 4.69) is 25.8 Å². The molecule has 0 aliphatic rings. The molecule has 1 aromatic carbocycles. The van der Waals surface area contributed by atoms with Crippen LogP contribution in [0.2, 0.25) is 5.02 Å². The molecule has 2 heterocycles. The standard InChI is InChI=1S/C16H14ClN5OS/c1-10-5-6-18-13(7-10)20-16(24)19-9-14-21-15(22-23-14)11-3-2-4-12(17)8-11/h2-8H,9H2,1H3,(H2,18,19,20,24). The highest BCUT2D eigenvalue weighted by molar-refractivity contribution is 7.80. The topological polar surface area (TPSA) is 75.9 Å². The first-order valence-corrected chi connectivity index (χ1v) is 7.95. The molecule has 0 saturated heterocycles. The summed E-state index contributed by atoms with van der Waals surface area (Å²) in [5, 5.41) is 11.0. The average Bonchev–Trinajstić information content (AvgIpc) is 3.02. The first-order chi connectivity index (χ1) is 11.6. The summed E-state index contributed by atoms with van der Waals surface area (Å²) in [7, 11) is 0. The van der Waals surface area contributed by atoms with Gasteiger partial charge in [-0.15, -0.1) is 0 Å². The summed E-state index contributed by atoms with van der Waals surface area (Å²) in [6.07, 6.45) is 1.72. The summed E-state index contributed by atoms with van der Waals surface area (Å²) >= 11 is 11.2. The van der Waals surface area contributed by atoms with Crippen LogP contribution in [0.25, 0.3) is 11.4 Å². The van der Waals surface area contributed by atoms with Gasteiger partial charge in [0.1, 0.15) is 5.82 Å². The summed E-state index contributed by atoms with van der Waals surface area (Å²) in [4.78, 5) is 8.50. The van der Waals surface area contributed by atoms with E-state index in [0.29, 0.717) is 34.2 Å². The number of aromatic nitrogens is 3. The van der Waals surface area contributed by atoms with E-state index in [9.17, 15) is 0 Å². The van der Waals surface area contributed by atoms with Crippen molar-refractivity contribution in [3.05, 3.63) is 59.1 Å². The molecule has 0 aliphatic carbocycles. The lowest BCUT2D eigenvalue weighted by molar-refractivity contribution is 0.376. The number of aryl methyl sites for hydroxylation is 1. The molecule has 0 atom stereocenters. The van der Waals surface area contributed by atoms with Gasteiger partial charge < -0.3 is 15.2 Å². The molecule has 0 saturated carbocycles. The van der Waals surface area contributed by atoms with Crippen LogP contribution in [-0.2, 0) is 6.54 Å². The molecule has 3 rings (SSSR count). The molecule has 122 valence electrons. The van der Waals surface area contributed by atoms with E-state index < -0.39 is 0 Å². The quantitative estimate of drug-likeness (QED) is 0.689.